The van der Waals surface area contributed by atoms with E-state index >= 15 is 0 Å². The van der Waals surface area contributed by atoms with Crippen LogP contribution in [0.15, 0.2) is 50.0 Å². The van der Waals surface area contributed by atoms with E-state index in [0.717, 1.165) is 24.5 Å². The van der Waals surface area contributed by atoms with Crippen LogP contribution in [0.3, 0.4) is 0 Å². The molecule has 0 N–H and O–H groups in total. The second kappa shape index (κ2) is 5.25. The van der Waals surface area contributed by atoms with Crippen molar-refractivity contribution in [3.05, 3.63) is 50.0 Å². The zero-order valence-electron chi connectivity index (χ0n) is 9.06. The van der Waals surface area contributed by atoms with Gasteiger partial charge in [-0.05, 0) is 40.2 Å². The first kappa shape index (κ1) is 12.5. The van der Waals surface area contributed by atoms with Crippen LogP contribution in [0.25, 0.3) is 21.1 Å². The first-order valence-electron chi connectivity index (χ1n) is 5.19. The molecule has 0 aliphatic rings. The molecule has 0 amide bonds. The van der Waals surface area contributed by atoms with Crippen LogP contribution in [0.2, 0.25) is 0 Å². The Kier molecular flexibility index (Phi) is 3.66. The van der Waals surface area contributed by atoms with Gasteiger partial charge in [-0.1, -0.05) is 28.1 Å². The number of thiophene rings is 1. The smallest absolute Gasteiger partial charge is 0.124 e. The van der Waals surface area contributed by atoms with E-state index in [0.29, 0.717) is 0 Å². The quantitative estimate of drug-likeness (QED) is 0.509. The topological polar surface area (TPSA) is 12.9 Å². The van der Waals surface area contributed by atoms with Crippen LogP contribution >= 0.6 is 54.5 Å². The molecule has 3 aromatic rings. The summed E-state index contributed by atoms with van der Waals surface area (Å²) in [4.78, 5) is 5.88. The summed E-state index contributed by atoms with van der Waals surface area (Å²) in [5.41, 5.74) is 2.21. The summed E-state index contributed by atoms with van der Waals surface area (Å²) in [5.74, 6) is 0. The molecule has 1 aromatic carbocycles. The summed E-state index contributed by atoms with van der Waals surface area (Å²) < 4.78 is 2.22. The number of halogens is 2. The molecule has 0 atom stereocenters. The van der Waals surface area contributed by atoms with Crippen molar-refractivity contribution in [2.24, 2.45) is 0 Å². The summed E-state index contributed by atoms with van der Waals surface area (Å²) in [6.45, 7) is 0. The molecule has 2 heterocycles. The van der Waals surface area contributed by atoms with Gasteiger partial charge in [0.05, 0.1) is 14.4 Å². The molecule has 0 bridgehead atoms. The lowest BCUT2D eigenvalue weighted by Crippen LogP contribution is -1.76. The molecule has 0 saturated heterocycles. The van der Waals surface area contributed by atoms with E-state index in [1.54, 1.807) is 22.7 Å². The van der Waals surface area contributed by atoms with E-state index in [2.05, 4.69) is 66.5 Å². The van der Waals surface area contributed by atoms with Crippen molar-refractivity contribution in [1.82, 2.24) is 4.98 Å². The zero-order chi connectivity index (χ0) is 12.5. The Labute approximate surface area is 130 Å². The van der Waals surface area contributed by atoms with Gasteiger partial charge in [0.15, 0.2) is 0 Å². The van der Waals surface area contributed by atoms with E-state index in [1.165, 1.54) is 4.88 Å². The molecule has 90 valence electrons. The number of hydrogen-bond acceptors (Lipinski definition) is 3. The molecule has 0 unspecified atom stereocenters. The number of benzene rings is 1. The van der Waals surface area contributed by atoms with E-state index in [1.807, 2.05) is 12.1 Å². The minimum absolute atomic E-state index is 1.05. The monoisotopic (exact) mass is 399 g/mol. The fourth-order valence-corrected chi connectivity index (χ4v) is 4.08. The molecular formula is C13H7Br2NS2. The van der Waals surface area contributed by atoms with E-state index < -0.39 is 0 Å². The summed E-state index contributed by atoms with van der Waals surface area (Å²) in [6, 6.07) is 12.4. The minimum Gasteiger partial charge on any atom is -0.235 e. The Hall–Kier alpha value is -0.490. The lowest BCUT2D eigenvalue weighted by Gasteiger charge is -1.95. The molecule has 0 aliphatic carbocycles. The van der Waals surface area contributed by atoms with Crippen LogP contribution in [0.5, 0.6) is 0 Å². The Morgan fingerprint density at radius 1 is 0.944 bits per heavy atom. The second-order valence-corrected chi connectivity index (χ2v) is 7.89. The van der Waals surface area contributed by atoms with Gasteiger partial charge >= 0.3 is 0 Å². The Balaban J connectivity index is 1.96. The van der Waals surface area contributed by atoms with Crippen molar-refractivity contribution in [3.8, 4) is 21.1 Å². The number of nitrogens with zero attached hydrogens (tertiary/aromatic N) is 1. The molecular weight excluding hydrogens is 394 g/mol. The van der Waals surface area contributed by atoms with Crippen molar-refractivity contribution in [3.63, 3.8) is 0 Å². The van der Waals surface area contributed by atoms with Crippen LogP contribution < -0.4 is 0 Å². The Morgan fingerprint density at radius 2 is 1.72 bits per heavy atom. The van der Waals surface area contributed by atoms with E-state index in [9.17, 15) is 0 Å². The summed E-state index contributed by atoms with van der Waals surface area (Å²) in [6.07, 6.45) is 0. The van der Waals surface area contributed by atoms with Crippen molar-refractivity contribution in [1.29, 1.82) is 0 Å². The van der Waals surface area contributed by atoms with Crippen LogP contribution in [0, 0.1) is 0 Å². The zero-order valence-corrected chi connectivity index (χ0v) is 13.9. The average Bonchev–Trinajstić information content (AvgIpc) is 2.98. The first-order valence-corrected chi connectivity index (χ1v) is 8.48. The van der Waals surface area contributed by atoms with Gasteiger partial charge < -0.3 is 0 Å². The Morgan fingerprint density at radius 3 is 2.39 bits per heavy atom. The average molecular weight is 401 g/mol. The summed E-state index contributed by atoms with van der Waals surface area (Å²) in [5, 5.41) is 3.16. The summed E-state index contributed by atoms with van der Waals surface area (Å²) >= 11 is 10.3. The number of hydrogen-bond donors (Lipinski definition) is 0. The van der Waals surface area contributed by atoms with Gasteiger partial charge in [0.25, 0.3) is 0 Å². The van der Waals surface area contributed by atoms with Crippen LogP contribution in [-0.2, 0) is 0 Å². The third kappa shape index (κ3) is 2.59. The lowest BCUT2D eigenvalue weighted by molar-refractivity contribution is 1.42. The Bertz CT molecular complexity index is 670. The normalized spacial score (nSPS) is 10.8. The molecule has 2 aromatic heterocycles. The largest absolute Gasteiger partial charge is 0.235 e. The number of rotatable bonds is 2. The lowest BCUT2D eigenvalue weighted by atomic mass is 10.2. The van der Waals surface area contributed by atoms with Gasteiger partial charge in [0, 0.05) is 15.4 Å². The van der Waals surface area contributed by atoms with Gasteiger partial charge in [-0.3, -0.25) is 0 Å². The second-order valence-electron chi connectivity index (χ2n) is 3.65. The third-order valence-electron chi connectivity index (χ3n) is 2.42. The van der Waals surface area contributed by atoms with Crippen molar-refractivity contribution >= 4 is 54.5 Å². The maximum absolute atomic E-state index is 4.69. The molecule has 18 heavy (non-hydrogen) atoms. The maximum atomic E-state index is 4.69. The molecule has 0 radical (unpaired) electrons. The molecule has 0 spiro atoms. The van der Waals surface area contributed by atoms with Crippen molar-refractivity contribution < 1.29 is 0 Å². The van der Waals surface area contributed by atoms with Crippen LogP contribution in [0.4, 0.5) is 0 Å². The molecule has 0 saturated carbocycles. The maximum Gasteiger partial charge on any atom is 0.124 e. The van der Waals surface area contributed by atoms with Gasteiger partial charge in [0.2, 0.25) is 0 Å². The highest BCUT2D eigenvalue weighted by Crippen LogP contribution is 2.34. The predicted octanol–water partition coefficient (Wildman–Crippen LogP) is 6.06. The third-order valence-corrected chi connectivity index (χ3v) is 5.49. The van der Waals surface area contributed by atoms with E-state index in [4.69, 9.17) is 0 Å². The van der Waals surface area contributed by atoms with Gasteiger partial charge in [-0.2, -0.15) is 0 Å². The van der Waals surface area contributed by atoms with Crippen LogP contribution in [-0.4, -0.2) is 4.98 Å². The van der Waals surface area contributed by atoms with E-state index in [-0.39, 0.29) is 0 Å². The molecule has 1 nitrogen and oxygen atoms in total. The highest BCUT2D eigenvalue weighted by molar-refractivity contribution is 9.11. The standard InChI is InChI=1S/C13H7Br2NS2/c14-9-3-1-8(2-4-9)13-16-10(7-17-13)11-5-6-12(15)18-11/h1-7H. The van der Waals surface area contributed by atoms with Crippen molar-refractivity contribution in [2.45, 2.75) is 0 Å². The number of thiazole rings is 1. The predicted molar refractivity (Wildman–Crippen MR) is 86.3 cm³/mol. The molecule has 3 rings (SSSR count). The number of aromatic nitrogens is 1. The van der Waals surface area contributed by atoms with Crippen LogP contribution in [0.1, 0.15) is 0 Å². The fourth-order valence-electron chi connectivity index (χ4n) is 1.56. The highest BCUT2D eigenvalue weighted by atomic mass is 79.9. The molecule has 0 aliphatic heterocycles. The van der Waals surface area contributed by atoms with Gasteiger partial charge in [0.1, 0.15) is 5.01 Å². The molecule has 0 fully saturated rings. The van der Waals surface area contributed by atoms with Gasteiger partial charge in [-0.15, -0.1) is 22.7 Å². The molecule has 5 heteroatoms. The minimum atomic E-state index is 1.05. The highest BCUT2D eigenvalue weighted by Gasteiger charge is 2.08. The fraction of sp³-hybridized carbons (Fsp3) is 0. The summed E-state index contributed by atoms with van der Waals surface area (Å²) in [7, 11) is 0. The van der Waals surface area contributed by atoms with Crippen molar-refractivity contribution in [2.75, 3.05) is 0 Å². The SMILES string of the molecule is Brc1ccc(-c2nc(-c3ccc(Br)s3)cs2)cc1. The first-order chi connectivity index (χ1) is 8.72. The van der Waals surface area contributed by atoms with Gasteiger partial charge in [-0.25, -0.2) is 4.98 Å².